The highest BCUT2D eigenvalue weighted by atomic mass is 16.5. The fourth-order valence-electron chi connectivity index (χ4n) is 4.71. The van der Waals surface area contributed by atoms with E-state index in [0.717, 1.165) is 37.3 Å². The molecule has 0 spiro atoms. The Morgan fingerprint density at radius 3 is 2.14 bits per heavy atom. The van der Waals surface area contributed by atoms with Gasteiger partial charge in [-0.1, -0.05) is 70.2 Å². The number of hydrogen-bond donors (Lipinski definition) is 2. The first-order chi connectivity index (χ1) is 21.0. The molecule has 0 aliphatic carbocycles. The Labute approximate surface area is 254 Å². The molecule has 2 N–H and O–H groups in total. The average molecular weight is 583 g/mol. The van der Waals surface area contributed by atoms with Gasteiger partial charge in [0.1, 0.15) is 23.1 Å². The number of para-hydroxylation sites is 2. The zero-order chi connectivity index (χ0) is 31.2. The summed E-state index contributed by atoms with van der Waals surface area (Å²) in [5.41, 5.74) is 3.46. The number of aryl methyl sites for hydroxylation is 1. The Kier molecular flexibility index (Phi) is 12.7. The molecule has 0 radical (unpaired) electrons. The van der Waals surface area contributed by atoms with E-state index in [-0.39, 0.29) is 12.3 Å². The molecule has 43 heavy (non-hydrogen) atoms. The number of aliphatic carboxylic acids is 1. The molecule has 226 valence electrons. The van der Waals surface area contributed by atoms with Crippen LogP contribution in [-0.4, -0.2) is 40.0 Å². The van der Waals surface area contributed by atoms with Gasteiger partial charge in [-0.05, 0) is 61.7 Å². The Morgan fingerprint density at radius 2 is 1.49 bits per heavy atom. The van der Waals surface area contributed by atoms with Gasteiger partial charge in [0.05, 0.1) is 12.0 Å². The largest absolute Gasteiger partial charge is 0.481 e. The number of aromatic nitrogens is 2. The van der Waals surface area contributed by atoms with Crippen molar-refractivity contribution in [3.05, 3.63) is 107 Å². The third kappa shape index (κ3) is 9.13. The van der Waals surface area contributed by atoms with Crippen LogP contribution in [0.5, 0.6) is 11.5 Å². The summed E-state index contributed by atoms with van der Waals surface area (Å²) in [7, 11) is 0. The predicted octanol–water partition coefficient (Wildman–Crippen LogP) is 7.70. The van der Waals surface area contributed by atoms with Crippen molar-refractivity contribution in [1.29, 1.82) is 0 Å². The highest BCUT2D eigenvalue weighted by Gasteiger charge is 2.22. The van der Waals surface area contributed by atoms with Crippen molar-refractivity contribution >= 4 is 23.4 Å². The van der Waals surface area contributed by atoms with E-state index < -0.39 is 5.97 Å². The molecule has 1 aliphatic rings. The lowest BCUT2D eigenvalue weighted by Gasteiger charge is -2.21. The van der Waals surface area contributed by atoms with Crippen molar-refractivity contribution in [3.8, 4) is 11.5 Å². The van der Waals surface area contributed by atoms with Crippen LogP contribution in [0.4, 0.5) is 11.5 Å². The third-order valence-corrected chi connectivity index (χ3v) is 6.65. The van der Waals surface area contributed by atoms with E-state index in [1.54, 1.807) is 18.2 Å². The van der Waals surface area contributed by atoms with E-state index in [0.29, 0.717) is 46.3 Å². The van der Waals surface area contributed by atoms with E-state index in [2.05, 4.69) is 15.2 Å². The summed E-state index contributed by atoms with van der Waals surface area (Å²) in [5.74, 6) is 1.36. The molecule has 4 aromatic rings. The first-order valence-electron chi connectivity index (χ1n) is 15.0. The highest BCUT2D eigenvalue weighted by Crippen LogP contribution is 2.27. The van der Waals surface area contributed by atoms with Crippen LogP contribution in [-0.2, 0) is 17.6 Å². The molecule has 1 fully saturated rings. The summed E-state index contributed by atoms with van der Waals surface area (Å²) in [6.07, 6.45) is 2.55. The second-order valence-corrected chi connectivity index (χ2v) is 9.53. The number of amides is 1. The lowest BCUT2D eigenvalue weighted by Crippen LogP contribution is -2.23. The van der Waals surface area contributed by atoms with Gasteiger partial charge < -0.3 is 20.1 Å². The fraction of sp³-hybridized carbons (Fsp3) is 0.314. The number of nitrogens with one attached hydrogen (secondary N) is 1. The standard InChI is InChI=1S/C31H30N4O4.2C2H6/c1-21-26(20-29(36)37)30(35-17-7-8-18-35)34-28(32-21)19-22-13-15-23(16-14-22)33-31(38)25-11-5-6-12-27(25)39-24-9-3-2-4-10-24;2*1-2/h2-6,9-16H,7-8,17-20H2,1H3,(H,33,38)(H,36,37);2*1-2H3. The number of carboxylic acid groups (broad SMARTS) is 1. The van der Waals surface area contributed by atoms with Crippen molar-refractivity contribution in [3.63, 3.8) is 0 Å². The van der Waals surface area contributed by atoms with Crippen LogP contribution in [0.1, 0.15) is 73.5 Å². The average Bonchev–Trinajstić information content (AvgIpc) is 3.57. The number of rotatable bonds is 9. The van der Waals surface area contributed by atoms with Crippen molar-refractivity contribution in [2.75, 3.05) is 23.3 Å². The van der Waals surface area contributed by atoms with Crippen LogP contribution >= 0.6 is 0 Å². The molecule has 1 aromatic heterocycles. The normalized spacial score (nSPS) is 11.9. The quantitative estimate of drug-likeness (QED) is 0.208. The molecule has 8 nitrogen and oxygen atoms in total. The van der Waals surface area contributed by atoms with Crippen LogP contribution in [0, 0.1) is 6.92 Å². The summed E-state index contributed by atoms with van der Waals surface area (Å²) in [4.78, 5) is 36.1. The van der Waals surface area contributed by atoms with Crippen molar-refractivity contribution < 1.29 is 19.4 Å². The number of carbonyl (C=O) groups is 2. The summed E-state index contributed by atoms with van der Waals surface area (Å²) >= 11 is 0. The van der Waals surface area contributed by atoms with Gasteiger partial charge >= 0.3 is 5.97 Å². The maximum absolute atomic E-state index is 13.1. The lowest BCUT2D eigenvalue weighted by atomic mass is 10.1. The van der Waals surface area contributed by atoms with Gasteiger partial charge in [0.15, 0.2) is 0 Å². The van der Waals surface area contributed by atoms with Gasteiger partial charge in [-0.15, -0.1) is 0 Å². The predicted molar refractivity (Wildman–Crippen MR) is 172 cm³/mol. The molecule has 5 rings (SSSR count). The Balaban J connectivity index is 0.00000121. The lowest BCUT2D eigenvalue weighted by molar-refractivity contribution is -0.136. The van der Waals surface area contributed by atoms with Gasteiger partial charge in [0, 0.05) is 36.5 Å². The van der Waals surface area contributed by atoms with E-state index in [9.17, 15) is 14.7 Å². The van der Waals surface area contributed by atoms with E-state index in [1.165, 1.54) is 0 Å². The SMILES string of the molecule is CC.CC.Cc1nc(Cc2ccc(NC(=O)c3ccccc3Oc3ccccc3)cc2)nc(N2CCCC2)c1CC(=O)O. The Morgan fingerprint density at radius 1 is 0.860 bits per heavy atom. The zero-order valence-electron chi connectivity index (χ0n) is 25.8. The minimum Gasteiger partial charge on any atom is -0.481 e. The Bertz CT molecular complexity index is 1470. The maximum atomic E-state index is 13.1. The Hall–Kier alpha value is -4.72. The second-order valence-electron chi connectivity index (χ2n) is 9.53. The molecule has 1 amide bonds. The molecular formula is C35H42N4O4. The number of anilines is 2. The smallest absolute Gasteiger partial charge is 0.308 e. The van der Waals surface area contributed by atoms with Gasteiger partial charge in [-0.3, -0.25) is 9.59 Å². The van der Waals surface area contributed by atoms with Crippen LogP contribution in [0.15, 0.2) is 78.9 Å². The fourth-order valence-corrected chi connectivity index (χ4v) is 4.71. The van der Waals surface area contributed by atoms with Gasteiger partial charge in [0.2, 0.25) is 0 Å². The number of benzene rings is 3. The number of carbonyl (C=O) groups excluding carboxylic acids is 1. The topological polar surface area (TPSA) is 105 Å². The number of ether oxygens (including phenoxy) is 1. The first-order valence-corrected chi connectivity index (χ1v) is 15.0. The van der Waals surface area contributed by atoms with Crippen molar-refractivity contribution in [2.45, 2.75) is 60.3 Å². The van der Waals surface area contributed by atoms with Crippen molar-refractivity contribution in [1.82, 2.24) is 9.97 Å². The molecule has 8 heteroatoms. The van der Waals surface area contributed by atoms with E-state index >= 15 is 0 Å². The minimum atomic E-state index is -0.887. The molecule has 2 heterocycles. The zero-order valence-corrected chi connectivity index (χ0v) is 25.8. The molecule has 0 unspecified atom stereocenters. The summed E-state index contributed by atoms with van der Waals surface area (Å²) in [6, 6.07) is 24.0. The molecule has 0 saturated carbocycles. The van der Waals surface area contributed by atoms with Crippen LogP contribution in [0.3, 0.4) is 0 Å². The second kappa shape index (κ2) is 16.7. The minimum absolute atomic E-state index is 0.0914. The number of nitrogens with zero attached hydrogens (tertiary/aromatic N) is 3. The molecule has 3 aromatic carbocycles. The summed E-state index contributed by atoms with van der Waals surface area (Å²) in [5, 5.41) is 12.3. The summed E-state index contributed by atoms with van der Waals surface area (Å²) < 4.78 is 5.93. The summed E-state index contributed by atoms with van der Waals surface area (Å²) in [6.45, 7) is 11.6. The number of hydrogen-bond acceptors (Lipinski definition) is 6. The molecule has 1 aliphatic heterocycles. The van der Waals surface area contributed by atoms with Gasteiger partial charge in [0.25, 0.3) is 5.91 Å². The molecule has 1 saturated heterocycles. The molecular weight excluding hydrogens is 540 g/mol. The van der Waals surface area contributed by atoms with Crippen molar-refractivity contribution in [2.24, 2.45) is 0 Å². The van der Waals surface area contributed by atoms with E-state index in [4.69, 9.17) is 9.72 Å². The van der Waals surface area contributed by atoms with E-state index in [1.807, 2.05) is 95.3 Å². The highest BCUT2D eigenvalue weighted by molar-refractivity contribution is 6.06. The number of carboxylic acids is 1. The third-order valence-electron chi connectivity index (χ3n) is 6.65. The molecule has 0 atom stereocenters. The van der Waals surface area contributed by atoms with Gasteiger partial charge in [-0.2, -0.15) is 0 Å². The maximum Gasteiger partial charge on any atom is 0.308 e. The van der Waals surface area contributed by atoms with Crippen LogP contribution in [0.2, 0.25) is 0 Å². The molecule has 0 bridgehead atoms. The van der Waals surface area contributed by atoms with Gasteiger partial charge in [-0.25, -0.2) is 9.97 Å². The van der Waals surface area contributed by atoms with Crippen LogP contribution in [0.25, 0.3) is 0 Å². The first kappa shape index (κ1) is 32.8. The van der Waals surface area contributed by atoms with Crippen LogP contribution < -0.4 is 15.0 Å². The monoisotopic (exact) mass is 582 g/mol.